The first kappa shape index (κ1) is 12.5. The van der Waals surface area contributed by atoms with Crippen LogP contribution in [0.5, 0.6) is 0 Å². The van der Waals surface area contributed by atoms with Crippen molar-refractivity contribution in [3.05, 3.63) is 35.6 Å². The maximum absolute atomic E-state index is 12.8. The summed E-state index contributed by atoms with van der Waals surface area (Å²) >= 11 is 0. The van der Waals surface area contributed by atoms with Crippen molar-refractivity contribution >= 4 is 0 Å². The molecule has 0 spiro atoms. The Balaban J connectivity index is 1.97. The number of benzene rings is 1. The van der Waals surface area contributed by atoms with Crippen LogP contribution in [0.2, 0.25) is 0 Å². The molecule has 0 amide bonds. The Hall–Kier alpha value is -0.970. The van der Waals surface area contributed by atoms with Crippen molar-refractivity contribution in [1.29, 1.82) is 0 Å². The van der Waals surface area contributed by atoms with Crippen LogP contribution in [-0.2, 0) is 6.54 Å². The lowest BCUT2D eigenvalue weighted by atomic mass is 10.1. The van der Waals surface area contributed by atoms with E-state index in [2.05, 4.69) is 10.2 Å². The molecule has 1 aromatic rings. The van der Waals surface area contributed by atoms with Crippen LogP contribution in [0, 0.1) is 5.82 Å². The van der Waals surface area contributed by atoms with Crippen LogP contribution in [-0.4, -0.2) is 42.3 Å². The van der Waals surface area contributed by atoms with Crippen LogP contribution in [0.15, 0.2) is 24.3 Å². The van der Waals surface area contributed by atoms with Crippen molar-refractivity contribution in [2.24, 2.45) is 0 Å². The fourth-order valence-electron chi connectivity index (χ4n) is 2.27. The first-order valence-corrected chi connectivity index (χ1v) is 6.09. The SMILES string of the molecule is OCC[C@H]1CNCCN1Cc1ccc(F)cc1. The number of halogens is 1. The number of nitrogens with zero attached hydrogens (tertiary/aromatic N) is 1. The highest BCUT2D eigenvalue weighted by Crippen LogP contribution is 2.13. The monoisotopic (exact) mass is 238 g/mol. The van der Waals surface area contributed by atoms with Crippen LogP contribution in [0.4, 0.5) is 4.39 Å². The summed E-state index contributed by atoms with van der Waals surface area (Å²) in [6, 6.07) is 7.02. The molecule has 1 aromatic carbocycles. The highest BCUT2D eigenvalue weighted by molar-refractivity contribution is 5.16. The smallest absolute Gasteiger partial charge is 0.123 e. The van der Waals surface area contributed by atoms with Crippen molar-refractivity contribution in [3.8, 4) is 0 Å². The summed E-state index contributed by atoms with van der Waals surface area (Å²) in [6.45, 7) is 3.91. The Morgan fingerprint density at radius 1 is 1.35 bits per heavy atom. The maximum Gasteiger partial charge on any atom is 0.123 e. The summed E-state index contributed by atoms with van der Waals surface area (Å²) < 4.78 is 12.8. The van der Waals surface area contributed by atoms with E-state index in [9.17, 15) is 4.39 Å². The van der Waals surface area contributed by atoms with Gasteiger partial charge in [-0.2, -0.15) is 0 Å². The highest BCUT2D eigenvalue weighted by atomic mass is 19.1. The van der Waals surface area contributed by atoms with Gasteiger partial charge in [-0.25, -0.2) is 4.39 Å². The minimum absolute atomic E-state index is 0.194. The van der Waals surface area contributed by atoms with E-state index in [0.717, 1.165) is 38.2 Å². The van der Waals surface area contributed by atoms with Crippen molar-refractivity contribution in [1.82, 2.24) is 10.2 Å². The van der Waals surface area contributed by atoms with E-state index in [1.165, 1.54) is 12.1 Å². The molecule has 0 saturated carbocycles. The van der Waals surface area contributed by atoms with Crippen molar-refractivity contribution in [2.45, 2.75) is 19.0 Å². The van der Waals surface area contributed by atoms with Gasteiger partial charge in [0.25, 0.3) is 0 Å². The molecule has 0 bridgehead atoms. The summed E-state index contributed by atoms with van der Waals surface area (Å²) in [4.78, 5) is 2.35. The third kappa shape index (κ3) is 3.49. The molecule has 4 heteroatoms. The number of hydrogen-bond donors (Lipinski definition) is 2. The molecule has 2 N–H and O–H groups in total. The molecule has 1 aliphatic rings. The molecule has 94 valence electrons. The Bertz CT molecular complexity index is 340. The van der Waals surface area contributed by atoms with Crippen LogP contribution in [0.1, 0.15) is 12.0 Å². The molecular formula is C13H19FN2O. The van der Waals surface area contributed by atoms with Gasteiger partial charge >= 0.3 is 0 Å². The van der Waals surface area contributed by atoms with Crippen molar-refractivity contribution in [3.63, 3.8) is 0 Å². The van der Waals surface area contributed by atoms with E-state index in [1.807, 2.05) is 12.1 Å². The third-order valence-corrected chi connectivity index (χ3v) is 3.23. The Morgan fingerprint density at radius 3 is 2.82 bits per heavy atom. The summed E-state index contributed by atoms with van der Waals surface area (Å²) in [5.41, 5.74) is 1.12. The molecular weight excluding hydrogens is 219 g/mol. The van der Waals surface area contributed by atoms with Crippen LogP contribution in [0.3, 0.4) is 0 Å². The topological polar surface area (TPSA) is 35.5 Å². The van der Waals surface area contributed by atoms with E-state index in [1.54, 1.807) is 0 Å². The van der Waals surface area contributed by atoms with Gasteiger partial charge in [0.1, 0.15) is 5.82 Å². The average Bonchev–Trinajstić information content (AvgIpc) is 2.35. The molecule has 0 unspecified atom stereocenters. The zero-order valence-electron chi connectivity index (χ0n) is 9.90. The van der Waals surface area contributed by atoms with Crippen LogP contribution in [0.25, 0.3) is 0 Å². The molecule has 1 atom stereocenters. The minimum atomic E-state index is -0.194. The zero-order valence-corrected chi connectivity index (χ0v) is 9.90. The van der Waals surface area contributed by atoms with Gasteiger partial charge in [-0.05, 0) is 24.1 Å². The number of nitrogens with one attached hydrogen (secondary N) is 1. The number of aliphatic hydroxyl groups is 1. The molecule has 1 saturated heterocycles. The highest BCUT2D eigenvalue weighted by Gasteiger charge is 2.21. The quantitative estimate of drug-likeness (QED) is 0.821. The van der Waals surface area contributed by atoms with Gasteiger partial charge in [0.05, 0.1) is 0 Å². The van der Waals surface area contributed by atoms with Crippen LogP contribution < -0.4 is 5.32 Å². The molecule has 0 radical (unpaired) electrons. The van der Waals surface area contributed by atoms with Gasteiger partial charge in [-0.3, -0.25) is 4.90 Å². The number of piperazine rings is 1. The molecule has 1 fully saturated rings. The number of aliphatic hydroxyl groups excluding tert-OH is 1. The lowest BCUT2D eigenvalue weighted by molar-refractivity contribution is 0.123. The summed E-state index contributed by atoms with van der Waals surface area (Å²) in [6.07, 6.45) is 0.786. The number of rotatable bonds is 4. The largest absolute Gasteiger partial charge is 0.396 e. The second kappa shape index (κ2) is 6.10. The van der Waals surface area contributed by atoms with Crippen molar-refractivity contribution in [2.75, 3.05) is 26.2 Å². The Morgan fingerprint density at radius 2 is 2.12 bits per heavy atom. The molecule has 1 heterocycles. The molecule has 0 aromatic heterocycles. The van der Waals surface area contributed by atoms with Crippen molar-refractivity contribution < 1.29 is 9.50 Å². The van der Waals surface area contributed by atoms with Gasteiger partial charge in [0, 0.05) is 38.8 Å². The Labute approximate surface area is 101 Å². The van der Waals surface area contributed by atoms with E-state index in [-0.39, 0.29) is 12.4 Å². The van der Waals surface area contributed by atoms with Crippen LogP contribution >= 0.6 is 0 Å². The summed E-state index contributed by atoms with van der Waals surface area (Å²) in [5, 5.41) is 12.4. The lowest BCUT2D eigenvalue weighted by Crippen LogP contribution is -2.51. The predicted molar refractivity (Wildman–Crippen MR) is 65.2 cm³/mol. The zero-order chi connectivity index (χ0) is 12.1. The summed E-state index contributed by atoms with van der Waals surface area (Å²) in [7, 11) is 0. The van der Waals surface area contributed by atoms with E-state index in [4.69, 9.17) is 5.11 Å². The van der Waals surface area contributed by atoms with Gasteiger partial charge in [0.2, 0.25) is 0 Å². The molecule has 17 heavy (non-hydrogen) atoms. The van der Waals surface area contributed by atoms with E-state index < -0.39 is 0 Å². The fraction of sp³-hybridized carbons (Fsp3) is 0.538. The lowest BCUT2D eigenvalue weighted by Gasteiger charge is -2.36. The average molecular weight is 238 g/mol. The fourth-order valence-corrected chi connectivity index (χ4v) is 2.27. The molecule has 0 aliphatic carbocycles. The molecule has 2 rings (SSSR count). The normalized spacial score (nSPS) is 21.6. The summed E-state index contributed by atoms with van der Waals surface area (Å²) in [5.74, 6) is -0.194. The third-order valence-electron chi connectivity index (χ3n) is 3.23. The molecule has 3 nitrogen and oxygen atoms in total. The molecule has 1 aliphatic heterocycles. The van der Waals surface area contributed by atoms with Gasteiger partial charge < -0.3 is 10.4 Å². The Kier molecular flexibility index (Phi) is 4.48. The maximum atomic E-state index is 12.8. The van der Waals surface area contributed by atoms with Gasteiger partial charge in [-0.15, -0.1) is 0 Å². The van der Waals surface area contributed by atoms with Gasteiger partial charge in [-0.1, -0.05) is 12.1 Å². The number of hydrogen-bond acceptors (Lipinski definition) is 3. The standard InChI is InChI=1S/C13H19FN2O/c14-12-3-1-11(2-4-12)10-16-7-6-15-9-13(16)5-8-17/h1-4,13,15,17H,5-10H2/t13-/m0/s1. The first-order chi connectivity index (χ1) is 8.29. The predicted octanol–water partition coefficient (Wildman–Crippen LogP) is 0.982. The second-order valence-corrected chi connectivity index (χ2v) is 4.47. The van der Waals surface area contributed by atoms with E-state index in [0.29, 0.717) is 6.04 Å². The van der Waals surface area contributed by atoms with Gasteiger partial charge in [0.15, 0.2) is 0 Å². The second-order valence-electron chi connectivity index (χ2n) is 4.47. The minimum Gasteiger partial charge on any atom is -0.396 e. The van der Waals surface area contributed by atoms with E-state index >= 15 is 0 Å². The first-order valence-electron chi connectivity index (χ1n) is 6.09.